The van der Waals surface area contributed by atoms with Gasteiger partial charge < -0.3 is 15.4 Å². The third-order valence-corrected chi connectivity index (χ3v) is 6.69. The summed E-state index contributed by atoms with van der Waals surface area (Å²) in [7, 11) is 0. The predicted octanol–water partition coefficient (Wildman–Crippen LogP) is 2.49. The molecule has 3 aliphatic rings. The van der Waals surface area contributed by atoms with Crippen molar-refractivity contribution in [3.8, 4) is 0 Å². The van der Waals surface area contributed by atoms with Crippen LogP contribution in [-0.2, 0) is 4.74 Å². The van der Waals surface area contributed by atoms with E-state index in [2.05, 4.69) is 23.6 Å². The lowest BCUT2D eigenvalue weighted by Crippen LogP contribution is -2.52. The van der Waals surface area contributed by atoms with Crippen molar-refractivity contribution in [1.82, 2.24) is 4.90 Å². The van der Waals surface area contributed by atoms with Gasteiger partial charge >= 0.3 is 0 Å². The van der Waals surface area contributed by atoms with Crippen molar-refractivity contribution in [2.75, 3.05) is 31.2 Å². The van der Waals surface area contributed by atoms with Gasteiger partial charge in [0.1, 0.15) is 0 Å². The van der Waals surface area contributed by atoms with E-state index in [1.807, 2.05) is 0 Å². The number of hydrogen-bond acceptors (Lipinski definition) is 4. The van der Waals surface area contributed by atoms with E-state index >= 15 is 0 Å². The lowest BCUT2D eigenvalue weighted by molar-refractivity contribution is -0.113. The zero-order chi connectivity index (χ0) is 14.0. The van der Waals surface area contributed by atoms with Gasteiger partial charge in [0.15, 0.2) is 0 Å². The van der Waals surface area contributed by atoms with E-state index in [0.717, 1.165) is 18.6 Å². The van der Waals surface area contributed by atoms with Crippen LogP contribution in [0.3, 0.4) is 0 Å². The maximum atomic E-state index is 6.23. The molecule has 3 saturated heterocycles. The van der Waals surface area contributed by atoms with E-state index in [1.165, 1.54) is 63.1 Å². The highest BCUT2D eigenvalue weighted by Gasteiger charge is 2.41. The molecule has 3 fully saturated rings. The second kappa shape index (κ2) is 6.55. The number of hydrogen-bond donors (Lipinski definition) is 1. The molecule has 1 spiro atoms. The largest absolute Gasteiger partial charge is 0.375 e. The molecule has 20 heavy (non-hydrogen) atoms. The third-order valence-electron chi connectivity index (χ3n) is 5.71. The van der Waals surface area contributed by atoms with E-state index in [-0.39, 0.29) is 5.60 Å². The minimum absolute atomic E-state index is 0.228. The molecule has 2 unspecified atom stereocenters. The van der Waals surface area contributed by atoms with Gasteiger partial charge in [-0.25, -0.2) is 0 Å². The summed E-state index contributed by atoms with van der Waals surface area (Å²) in [6, 6.07) is 1.13. The van der Waals surface area contributed by atoms with Crippen molar-refractivity contribution in [3.63, 3.8) is 0 Å². The van der Waals surface area contributed by atoms with Gasteiger partial charge in [0, 0.05) is 18.7 Å². The Kier molecular flexibility index (Phi) is 4.96. The number of rotatable bonds is 2. The highest BCUT2D eigenvalue weighted by molar-refractivity contribution is 7.99. The Morgan fingerprint density at radius 3 is 2.55 bits per heavy atom. The maximum Gasteiger partial charge on any atom is 0.0713 e. The van der Waals surface area contributed by atoms with Gasteiger partial charge in [0.05, 0.1) is 5.60 Å². The van der Waals surface area contributed by atoms with Crippen molar-refractivity contribution >= 4 is 11.8 Å². The van der Waals surface area contributed by atoms with Crippen molar-refractivity contribution < 1.29 is 4.74 Å². The lowest BCUT2D eigenvalue weighted by Gasteiger charge is -2.48. The molecule has 0 aromatic carbocycles. The van der Waals surface area contributed by atoms with Crippen LogP contribution in [-0.4, -0.2) is 53.8 Å². The summed E-state index contributed by atoms with van der Waals surface area (Å²) in [4.78, 5) is 2.74. The summed E-state index contributed by atoms with van der Waals surface area (Å²) in [6.07, 6.45) is 7.62. The first-order valence-electron chi connectivity index (χ1n) is 8.40. The average molecular weight is 298 g/mol. The predicted molar refractivity (Wildman–Crippen MR) is 86.2 cm³/mol. The fraction of sp³-hybridized carbons (Fsp3) is 1.00. The van der Waals surface area contributed by atoms with E-state index in [9.17, 15) is 0 Å². The zero-order valence-electron chi connectivity index (χ0n) is 12.9. The average Bonchev–Trinajstić information content (AvgIpc) is 2.48. The van der Waals surface area contributed by atoms with Crippen LogP contribution in [0, 0.1) is 5.92 Å². The number of nitrogens with two attached hydrogens (primary N) is 1. The Hall–Kier alpha value is 0.230. The van der Waals surface area contributed by atoms with Gasteiger partial charge in [-0.3, -0.25) is 0 Å². The molecule has 116 valence electrons. The Labute approximate surface area is 128 Å². The number of piperidine rings is 1. The fourth-order valence-electron chi connectivity index (χ4n) is 4.22. The van der Waals surface area contributed by atoms with Crippen molar-refractivity contribution in [2.24, 2.45) is 11.7 Å². The standard InChI is InChI=1S/C16H30N2OS/c1-13(17)14-2-7-18(8-3-14)15-4-9-19-16(12-15)5-10-20-11-6-16/h13-15H,2-12,17H2,1H3. The van der Waals surface area contributed by atoms with Crippen molar-refractivity contribution in [3.05, 3.63) is 0 Å². The van der Waals surface area contributed by atoms with Gasteiger partial charge in [-0.1, -0.05) is 0 Å². The van der Waals surface area contributed by atoms with E-state index in [0.29, 0.717) is 6.04 Å². The Morgan fingerprint density at radius 2 is 1.90 bits per heavy atom. The molecule has 0 radical (unpaired) electrons. The van der Waals surface area contributed by atoms with Gasteiger partial charge in [-0.15, -0.1) is 0 Å². The molecule has 0 bridgehead atoms. The molecule has 4 heteroatoms. The van der Waals surface area contributed by atoms with Crippen molar-refractivity contribution in [1.29, 1.82) is 0 Å². The molecule has 0 aromatic heterocycles. The molecule has 3 heterocycles. The zero-order valence-corrected chi connectivity index (χ0v) is 13.7. The number of ether oxygens (including phenoxy) is 1. The molecule has 2 atom stereocenters. The van der Waals surface area contributed by atoms with Crippen LogP contribution in [0.25, 0.3) is 0 Å². The van der Waals surface area contributed by atoms with Gasteiger partial charge in [-0.05, 0) is 76.0 Å². The summed E-state index contributed by atoms with van der Waals surface area (Å²) in [5.41, 5.74) is 6.29. The van der Waals surface area contributed by atoms with Gasteiger partial charge in [-0.2, -0.15) is 11.8 Å². The summed E-state index contributed by atoms with van der Waals surface area (Å²) in [5, 5.41) is 0. The molecule has 3 nitrogen and oxygen atoms in total. The quantitative estimate of drug-likeness (QED) is 0.850. The maximum absolute atomic E-state index is 6.23. The first-order chi connectivity index (χ1) is 9.69. The molecule has 0 aromatic rings. The topological polar surface area (TPSA) is 38.5 Å². The molecular weight excluding hydrogens is 268 g/mol. The Bertz CT molecular complexity index is 304. The van der Waals surface area contributed by atoms with Crippen LogP contribution < -0.4 is 5.73 Å². The SMILES string of the molecule is CC(N)C1CCN(C2CCOC3(CCSCC3)C2)CC1. The highest BCUT2D eigenvalue weighted by Crippen LogP contribution is 2.39. The smallest absolute Gasteiger partial charge is 0.0713 e. The van der Waals surface area contributed by atoms with Crippen LogP contribution in [0.5, 0.6) is 0 Å². The number of thioether (sulfide) groups is 1. The van der Waals surface area contributed by atoms with Crippen molar-refractivity contribution in [2.45, 2.75) is 63.1 Å². The number of nitrogens with zero attached hydrogens (tertiary/aromatic N) is 1. The highest BCUT2D eigenvalue weighted by atomic mass is 32.2. The van der Waals surface area contributed by atoms with E-state index in [1.54, 1.807) is 0 Å². The molecule has 2 N–H and O–H groups in total. The van der Waals surface area contributed by atoms with Gasteiger partial charge in [0.25, 0.3) is 0 Å². The lowest BCUT2D eigenvalue weighted by atomic mass is 9.83. The van der Waals surface area contributed by atoms with Crippen LogP contribution in [0.4, 0.5) is 0 Å². The van der Waals surface area contributed by atoms with E-state index < -0.39 is 0 Å². The molecule has 3 rings (SSSR count). The second-order valence-electron chi connectivity index (χ2n) is 7.02. The summed E-state index contributed by atoms with van der Waals surface area (Å²) in [6.45, 7) is 5.65. The van der Waals surface area contributed by atoms with Crippen LogP contribution >= 0.6 is 11.8 Å². The van der Waals surface area contributed by atoms with Crippen LogP contribution in [0.15, 0.2) is 0 Å². The summed E-state index contributed by atoms with van der Waals surface area (Å²) < 4.78 is 6.23. The first kappa shape index (κ1) is 15.1. The minimum atomic E-state index is 0.228. The Balaban J connectivity index is 1.55. The normalized spacial score (nSPS) is 34.2. The fourth-order valence-corrected chi connectivity index (χ4v) is 5.45. The van der Waals surface area contributed by atoms with E-state index in [4.69, 9.17) is 10.5 Å². The minimum Gasteiger partial charge on any atom is -0.375 e. The number of likely N-dealkylation sites (tertiary alicyclic amines) is 1. The molecule has 0 amide bonds. The Morgan fingerprint density at radius 1 is 1.20 bits per heavy atom. The summed E-state index contributed by atoms with van der Waals surface area (Å²) >= 11 is 2.10. The van der Waals surface area contributed by atoms with Crippen LogP contribution in [0.2, 0.25) is 0 Å². The molecule has 0 saturated carbocycles. The summed E-state index contributed by atoms with van der Waals surface area (Å²) in [5.74, 6) is 3.32. The van der Waals surface area contributed by atoms with Crippen LogP contribution in [0.1, 0.15) is 45.4 Å². The molecular formula is C16H30N2OS. The monoisotopic (exact) mass is 298 g/mol. The molecule has 0 aliphatic carbocycles. The third kappa shape index (κ3) is 3.34. The van der Waals surface area contributed by atoms with Gasteiger partial charge in [0.2, 0.25) is 0 Å². The first-order valence-corrected chi connectivity index (χ1v) is 9.55. The second-order valence-corrected chi connectivity index (χ2v) is 8.25. The molecule has 3 aliphatic heterocycles.